The topological polar surface area (TPSA) is 50.4 Å². The lowest BCUT2D eigenvalue weighted by Crippen LogP contribution is -2.40. The molecule has 0 aromatic carbocycles. The summed E-state index contributed by atoms with van der Waals surface area (Å²) in [7, 11) is 0. The highest BCUT2D eigenvalue weighted by Crippen LogP contribution is 2.11. The Morgan fingerprint density at radius 3 is 2.20 bits per heavy atom. The lowest BCUT2D eigenvalue weighted by molar-refractivity contribution is 0.0515. The molecule has 120 valence electrons. The lowest BCUT2D eigenvalue weighted by Gasteiger charge is -2.24. The molecule has 0 fully saturated rings. The molecule has 0 radical (unpaired) electrons. The number of nitrogens with one attached hydrogen (secondary N) is 2. The molecule has 0 bridgehead atoms. The van der Waals surface area contributed by atoms with E-state index in [4.69, 9.17) is 4.74 Å². The molecule has 0 spiro atoms. The van der Waals surface area contributed by atoms with Gasteiger partial charge in [-0.1, -0.05) is 20.8 Å². The summed E-state index contributed by atoms with van der Waals surface area (Å²) in [5.74, 6) is 0.929. The zero-order valence-electron chi connectivity index (χ0n) is 14.1. The molecule has 0 saturated carbocycles. The first-order valence-corrected chi connectivity index (χ1v) is 8.65. The molecule has 0 rings (SSSR count). The molecule has 2 unspecified atom stereocenters. The Morgan fingerprint density at radius 1 is 1.15 bits per heavy atom. The fraction of sp³-hybridized carbons (Fsp3) is 0.933. The van der Waals surface area contributed by atoms with Gasteiger partial charge in [0.25, 0.3) is 0 Å². The van der Waals surface area contributed by atoms with Crippen molar-refractivity contribution in [1.29, 1.82) is 0 Å². The number of alkyl carbamates (subject to hydrolysis) is 1. The predicted molar refractivity (Wildman–Crippen MR) is 88.4 cm³/mol. The number of hydrogen-bond acceptors (Lipinski definition) is 4. The molecule has 5 heteroatoms. The quantitative estimate of drug-likeness (QED) is 0.723. The highest BCUT2D eigenvalue weighted by Gasteiger charge is 2.19. The third-order valence-corrected chi connectivity index (χ3v) is 4.06. The minimum atomic E-state index is -0.441. The van der Waals surface area contributed by atoms with Gasteiger partial charge < -0.3 is 15.4 Å². The Balaban J connectivity index is 4.06. The molecule has 20 heavy (non-hydrogen) atoms. The summed E-state index contributed by atoms with van der Waals surface area (Å²) < 4.78 is 5.25. The van der Waals surface area contributed by atoms with Crippen LogP contribution in [0.5, 0.6) is 0 Å². The SMILES string of the molecule is CSC(C)CNCC(CNC(=O)OC(C)(C)C)C(C)C. The largest absolute Gasteiger partial charge is 0.444 e. The van der Waals surface area contributed by atoms with Crippen molar-refractivity contribution in [2.45, 2.75) is 52.4 Å². The molecule has 2 N–H and O–H groups in total. The maximum absolute atomic E-state index is 11.7. The molecular formula is C15H32N2O2S. The van der Waals surface area contributed by atoms with Gasteiger partial charge in [-0.3, -0.25) is 0 Å². The Morgan fingerprint density at radius 2 is 1.75 bits per heavy atom. The summed E-state index contributed by atoms with van der Waals surface area (Å²) in [6, 6.07) is 0. The molecule has 0 aromatic heterocycles. The molecule has 0 aliphatic heterocycles. The van der Waals surface area contributed by atoms with E-state index in [2.05, 4.69) is 37.7 Å². The van der Waals surface area contributed by atoms with E-state index in [-0.39, 0.29) is 6.09 Å². The summed E-state index contributed by atoms with van der Waals surface area (Å²) in [6.07, 6.45) is 1.79. The highest BCUT2D eigenvalue weighted by atomic mass is 32.2. The van der Waals surface area contributed by atoms with Crippen molar-refractivity contribution in [3.8, 4) is 0 Å². The lowest BCUT2D eigenvalue weighted by atomic mass is 9.96. The molecule has 0 saturated heterocycles. The monoisotopic (exact) mass is 304 g/mol. The van der Waals surface area contributed by atoms with Crippen LogP contribution in [-0.2, 0) is 4.74 Å². The van der Waals surface area contributed by atoms with Crippen LogP contribution in [0.4, 0.5) is 4.79 Å². The Hall–Kier alpha value is -0.420. The summed E-state index contributed by atoms with van der Waals surface area (Å²) in [4.78, 5) is 11.7. The van der Waals surface area contributed by atoms with Crippen molar-refractivity contribution in [3.05, 3.63) is 0 Å². The number of hydrogen-bond donors (Lipinski definition) is 2. The van der Waals surface area contributed by atoms with Gasteiger partial charge in [-0.15, -0.1) is 0 Å². The number of amides is 1. The third kappa shape index (κ3) is 10.4. The molecule has 0 aliphatic carbocycles. The molecule has 1 amide bonds. The van der Waals surface area contributed by atoms with E-state index in [9.17, 15) is 4.79 Å². The second kappa shape index (κ2) is 9.50. The van der Waals surface area contributed by atoms with Gasteiger partial charge in [0.1, 0.15) is 5.60 Å². The van der Waals surface area contributed by atoms with Crippen molar-refractivity contribution < 1.29 is 9.53 Å². The second-order valence-electron chi connectivity index (χ2n) is 6.59. The summed E-state index contributed by atoms with van der Waals surface area (Å²) >= 11 is 1.86. The predicted octanol–water partition coefficient (Wildman–Crippen LogP) is 3.12. The molecule has 2 atom stereocenters. The van der Waals surface area contributed by atoms with Crippen LogP contribution in [0.1, 0.15) is 41.5 Å². The molecule has 4 nitrogen and oxygen atoms in total. The molecule has 0 aromatic rings. The van der Waals surface area contributed by atoms with E-state index in [1.54, 1.807) is 0 Å². The van der Waals surface area contributed by atoms with Crippen LogP contribution in [-0.4, -0.2) is 42.8 Å². The van der Waals surface area contributed by atoms with Gasteiger partial charge >= 0.3 is 6.09 Å². The minimum absolute atomic E-state index is 0.333. The zero-order chi connectivity index (χ0) is 15.8. The van der Waals surface area contributed by atoms with Gasteiger partial charge in [0.2, 0.25) is 0 Å². The highest BCUT2D eigenvalue weighted by molar-refractivity contribution is 7.99. The Bertz CT molecular complexity index is 278. The first-order valence-electron chi connectivity index (χ1n) is 7.36. The van der Waals surface area contributed by atoms with Crippen LogP contribution >= 0.6 is 11.8 Å². The van der Waals surface area contributed by atoms with Crippen LogP contribution in [0.25, 0.3) is 0 Å². The first-order chi connectivity index (χ1) is 9.15. The maximum Gasteiger partial charge on any atom is 0.407 e. The minimum Gasteiger partial charge on any atom is -0.444 e. The first kappa shape index (κ1) is 19.6. The van der Waals surface area contributed by atoms with Crippen molar-refractivity contribution >= 4 is 17.9 Å². The summed E-state index contributed by atoms with van der Waals surface area (Å²) in [5, 5.41) is 6.96. The summed E-state index contributed by atoms with van der Waals surface area (Å²) in [5.41, 5.74) is -0.441. The number of carbonyl (C=O) groups excluding carboxylic acids is 1. The molecule has 0 aliphatic rings. The van der Waals surface area contributed by atoms with Crippen LogP contribution < -0.4 is 10.6 Å². The summed E-state index contributed by atoms with van der Waals surface area (Å²) in [6.45, 7) is 14.7. The molecular weight excluding hydrogens is 272 g/mol. The average Bonchev–Trinajstić information content (AvgIpc) is 2.30. The van der Waals surface area contributed by atoms with Gasteiger partial charge in [0.15, 0.2) is 0 Å². The van der Waals surface area contributed by atoms with E-state index in [1.807, 2.05) is 32.5 Å². The van der Waals surface area contributed by atoms with Crippen LogP contribution in [0.2, 0.25) is 0 Å². The van der Waals surface area contributed by atoms with E-state index in [0.29, 0.717) is 23.6 Å². The Kier molecular flexibility index (Phi) is 9.30. The normalized spacial score (nSPS) is 15.0. The van der Waals surface area contributed by atoms with Crippen molar-refractivity contribution in [3.63, 3.8) is 0 Å². The standard InChI is InChI=1S/C15H32N2O2S/c1-11(2)13(9-16-8-12(3)20-7)10-17-14(18)19-15(4,5)6/h11-13,16H,8-10H2,1-7H3,(H,17,18). The maximum atomic E-state index is 11.7. The number of ether oxygens (including phenoxy) is 1. The average molecular weight is 305 g/mol. The van der Waals surface area contributed by atoms with Gasteiger partial charge in [-0.2, -0.15) is 11.8 Å². The van der Waals surface area contributed by atoms with Crippen molar-refractivity contribution in [2.75, 3.05) is 25.9 Å². The van der Waals surface area contributed by atoms with Crippen molar-refractivity contribution in [2.24, 2.45) is 11.8 Å². The zero-order valence-corrected chi connectivity index (χ0v) is 14.9. The van der Waals surface area contributed by atoms with E-state index in [0.717, 1.165) is 13.1 Å². The van der Waals surface area contributed by atoms with Gasteiger partial charge in [-0.25, -0.2) is 4.79 Å². The van der Waals surface area contributed by atoms with Crippen molar-refractivity contribution in [1.82, 2.24) is 10.6 Å². The van der Waals surface area contributed by atoms with E-state index < -0.39 is 5.60 Å². The van der Waals surface area contributed by atoms with Crippen LogP contribution in [0.3, 0.4) is 0 Å². The fourth-order valence-electron chi connectivity index (χ4n) is 1.63. The van der Waals surface area contributed by atoms with E-state index in [1.165, 1.54) is 0 Å². The Labute approximate surface area is 128 Å². The second-order valence-corrected chi connectivity index (χ2v) is 7.87. The van der Waals surface area contributed by atoms with Crippen LogP contribution in [0, 0.1) is 11.8 Å². The smallest absolute Gasteiger partial charge is 0.407 e. The fourth-order valence-corrected chi connectivity index (χ4v) is 1.91. The third-order valence-electron chi connectivity index (χ3n) is 3.09. The number of thioether (sulfide) groups is 1. The number of carbonyl (C=O) groups is 1. The van der Waals surface area contributed by atoms with Gasteiger partial charge in [0.05, 0.1) is 0 Å². The number of rotatable bonds is 8. The van der Waals surface area contributed by atoms with Gasteiger partial charge in [-0.05, 0) is 45.4 Å². The van der Waals surface area contributed by atoms with Crippen LogP contribution in [0.15, 0.2) is 0 Å². The van der Waals surface area contributed by atoms with E-state index >= 15 is 0 Å². The molecule has 0 heterocycles. The van der Waals surface area contributed by atoms with Gasteiger partial charge in [0, 0.05) is 18.3 Å².